The molecule has 0 saturated carbocycles. The van der Waals surface area contributed by atoms with E-state index in [9.17, 15) is 4.39 Å². The van der Waals surface area contributed by atoms with Crippen molar-refractivity contribution in [3.63, 3.8) is 0 Å². The predicted molar refractivity (Wildman–Crippen MR) is 36.7 cm³/mol. The van der Waals surface area contributed by atoms with Crippen LogP contribution in [0.2, 0.25) is 0 Å². The molecule has 0 amide bonds. The molecular formula is C8H9F. The van der Waals surface area contributed by atoms with Gasteiger partial charge in [0, 0.05) is 5.57 Å². The van der Waals surface area contributed by atoms with Gasteiger partial charge in [0.1, 0.15) is 5.83 Å². The molecule has 0 aromatic carbocycles. The Kier molecular flexibility index (Phi) is 1.01. The molecule has 0 nitrogen and oxygen atoms in total. The zero-order valence-electron chi connectivity index (χ0n) is 6.59. The van der Waals surface area contributed by atoms with Crippen LogP contribution in [0.5, 0.6) is 0 Å². The molecule has 0 heterocycles. The highest BCUT2D eigenvalue weighted by atomic mass is 19.1. The summed E-state index contributed by atoms with van der Waals surface area (Å²) in [5.41, 5.74) is 1.47. The summed E-state index contributed by atoms with van der Waals surface area (Å²) >= 11 is 0. The number of hydrogen-bond acceptors (Lipinski definition) is 0. The van der Waals surface area contributed by atoms with E-state index in [4.69, 9.17) is 1.37 Å². The van der Waals surface area contributed by atoms with Gasteiger partial charge in [0.15, 0.2) is 0 Å². The number of hydrogen-bond donors (Lipinski definition) is 0. The Morgan fingerprint density at radius 2 is 2.22 bits per heavy atom. The highest BCUT2D eigenvalue weighted by Gasteiger charge is 2.12. The van der Waals surface area contributed by atoms with E-state index in [1.54, 1.807) is 13.8 Å². The van der Waals surface area contributed by atoms with Gasteiger partial charge in [0.2, 0.25) is 0 Å². The maximum Gasteiger partial charge on any atom is 0.133 e. The standard InChI is InChI=1S/C8H9F/c1-5-4-6(2)8(9)7(5)3/h4H,2H2,1,3H3/i4D. The zero-order valence-corrected chi connectivity index (χ0v) is 5.59. The van der Waals surface area contributed by atoms with Crippen LogP contribution in [0.25, 0.3) is 0 Å². The smallest absolute Gasteiger partial charge is 0.133 e. The average molecular weight is 125 g/mol. The summed E-state index contributed by atoms with van der Waals surface area (Å²) in [6, 6.07) is 0.231. The van der Waals surface area contributed by atoms with Crippen LogP contribution in [0, 0.1) is 0 Å². The van der Waals surface area contributed by atoms with Crippen molar-refractivity contribution in [2.24, 2.45) is 0 Å². The Labute approximate surface area is 55.8 Å². The third-order valence-electron chi connectivity index (χ3n) is 1.50. The fourth-order valence-electron chi connectivity index (χ4n) is 0.766. The molecule has 0 saturated heterocycles. The van der Waals surface area contributed by atoms with E-state index in [0.29, 0.717) is 11.1 Å². The summed E-state index contributed by atoms with van der Waals surface area (Å²) in [6.45, 7) is 6.83. The molecule has 0 aliphatic heterocycles. The molecule has 0 aromatic rings. The SMILES string of the molecule is [2H]C1=C(C)C(C)=C(F)C1=C. The Hall–Kier alpha value is -0.850. The summed E-state index contributed by atoms with van der Waals surface area (Å²) in [6.07, 6.45) is 0. The van der Waals surface area contributed by atoms with Gasteiger partial charge in [-0.3, -0.25) is 0 Å². The van der Waals surface area contributed by atoms with E-state index >= 15 is 0 Å². The minimum atomic E-state index is -0.331. The van der Waals surface area contributed by atoms with E-state index in [1.807, 2.05) is 0 Å². The van der Waals surface area contributed by atoms with Gasteiger partial charge in [-0.15, -0.1) is 0 Å². The van der Waals surface area contributed by atoms with Gasteiger partial charge in [0.25, 0.3) is 0 Å². The quantitative estimate of drug-likeness (QED) is 0.467. The van der Waals surface area contributed by atoms with Gasteiger partial charge in [-0.1, -0.05) is 6.58 Å². The lowest BCUT2D eigenvalue weighted by atomic mass is 10.2. The van der Waals surface area contributed by atoms with Crippen molar-refractivity contribution in [2.45, 2.75) is 13.8 Å². The lowest BCUT2D eigenvalue weighted by Crippen LogP contribution is -1.73. The number of rotatable bonds is 0. The van der Waals surface area contributed by atoms with Gasteiger partial charge >= 0.3 is 0 Å². The molecule has 1 aliphatic carbocycles. The topological polar surface area (TPSA) is 0 Å². The van der Waals surface area contributed by atoms with Gasteiger partial charge in [-0.05, 0) is 31.0 Å². The zero-order chi connectivity index (χ0) is 7.89. The van der Waals surface area contributed by atoms with Crippen molar-refractivity contribution >= 4 is 0 Å². The van der Waals surface area contributed by atoms with Crippen LogP contribution in [-0.2, 0) is 0 Å². The number of halogens is 1. The predicted octanol–water partition coefficient (Wildman–Crippen LogP) is 2.75. The van der Waals surface area contributed by atoms with Gasteiger partial charge < -0.3 is 0 Å². The van der Waals surface area contributed by atoms with Crippen LogP contribution in [-0.4, -0.2) is 0 Å². The van der Waals surface area contributed by atoms with E-state index in [2.05, 4.69) is 6.58 Å². The van der Waals surface area contributed by atoms with Crippen LogP contribution < -0.4 is 0 Å². The third kappa shape index (κ3) is 0.826. The van der Waals surface area contributed by atoms with Crippen molar-refractivity contribution in [2.75, 3.05) is 0 Å². The summed E-state index contributed by atoms with van der Waals surface area (Å²) in [7, 11) is 0. The Morgan fingerprint density at radius 3 is 2.33 bits per heavy atom. The first kappa shape index (κ1) is 4.98. The fraction of sp³-hybridized carbons (Fsp3) is 0.250. The van der Waals surface area contributed by atoms with E-state index in [-0.39, 0.29) is 17.5 Å². The normalized spacial score (nSPS) is 21.7. The van der Waals surface area contributed by atoms with Crippen molar-refractivity contribution in [1.29, 1.82) is 0 Å². The molecule has 0 fully saturated rings. The van der Waals surface area contributed by atoms with Crippen LogP contribution >= 0.6 is 0 Å². The second kappa shape index (κ2) is 1.83. The largest absolute Gasteiger partial charge is 0.206 e. The van der Waals surface area contributed by atoms with Gasteiger partial charge in [-0.25, -0.2) is 4.39 Å². The summed E-state index contributed by atoms with van der Waals surface area (Å²) in [4.78, 5) is 0. The van der Waals surface area contributed by atoms with Crippen molar-refractivity contribution in [3.8, 4) is 0 Å². The number of allylic oxidation sites excluding steroid dienone is 5. The van der Waals surface area contributed by atoms with E-state index in [1.165, 1.54) is 0 Å². The first-order valence-corrected chi connectivity index (χ1v) is 2.79. The Balaban J connectivity index is 3.22. The molecule has 9 heavy (non-hydrogen) atoms. The van der Waals surface area contributed by atoms with Crippen molar-refractivity contribution in [3.05, 3.63) is 35.2 Å². The summed E-state index contributed by atoms with van der Waals surface area (Å²) in [5, 5.41) is 0. The molecule has 0 aromatic heterocycles. The lowest BCUT2D eigenvalue weighted by molar-refractivity contribution is 0.653. The minimum absolute atomic E-state index is 0.218. The monoisotopic (exact) mass is 125 g/mol. The maximum atomic E-state index is 12.8. The first-order chi connectivity index (χ1) is 4.55. The van der Waals surface area contributed by atoms with E-state index in [0.717, 1.165) is 0 Å². The molecule has 1 aliphatic rings. The van der Waals surface area contributed by atoms with Crippen LogP contribution in [0.4, 0.5) is 4.39 Å². The Morgan fingerprint density at radius 1 is 1.67 bits per heavy atom. The molecule has 0 radical (unpaired) electrons. The highest BCUT2D eigenvalue weighted by molar-refractivity contribution is 5.52. The molecule has 1 heteroatoms. The van der Waals surface area contributed by atoms with Crippen LogP contribution in [0.15, 0.2) is 35.2 Å². The highest BCUT2D eigenvalue weighted by Crippen LogP contribution is 2.29. The second-order valence-corrected chi connectivity index (χ2v) is 2.17. The molecule has 0 bridgehead atoms. The lowest BCUT2D eigenvalue weighted by Gasteiger charge is -1.90. The maximum absolute atomic E-state index is 12.8. The molecule has 0 atom stereocenters. The molecular weight excluding hydrogens is 115 g/mol. The molecule has 0 spiro atoms. The van der Waals surface area contributed by atoms with Gasteiger partial charge in [-0.2, -0.15) is 0 Å². The molecule has 0 N–H and O–H groups in total. The Bertz CT molecular complexity index is 232. The summed E-state index contributed by atoms with van der Waals surface area (Å²) < 4.78 is 20.1. The average Bonchev–Trinajstić information content (AvgIpc) is 2.07. The van der Waals surface area contributed by atoms with Crippen molar-refractivity contribution < 1.29 is 5.76 Å². The van der Waals surface area contributed by atoms with E-state index < -0.39 is 0 Å². The fourth-order valence-corrected chi connectivity index (χ4v) is 0.766. The van der Waals surface area contributed by atoms with Gasteiger partial charge in [0.05, 0.1) is 1.37 Å². The van der Waals surface area contributed by atoms with Crippen molar-refractivity contribution in [1.82, 2.24) is 0 Å². The minimum Gasteiger partial charge on any atom is -0.206 e. The molecule has 0 unspecified atom stereocenters. The third-order valence-corrected chi connectivity index (χ3v) is 1.50. The van der Waals surface area contributed by atoms with Crippen LogP contribution in [0.1, 0.15) is 15.2 Å². The second-order valence-electron chi connectivity index (χ2n) is 2.17. The molecule has 48 valence electrons. The van der Waals surface area contributed by atoms with Crippen LogP contribution in [0.3, 0.4) is 0 Å². The first-order valence-electron chi connectivity index (χ1n) is 3.29. The summed E-state index contributed by atoms with van der Waals surface area (Å²) in [5.74, 6) is -0.331. The molecule has 1 rings (SSSR count).